The van der Waals surface area contributed by atoms with Crippen LogP contribution in [0.2, 0.25) is 0 Å². The molecule has 1 amide bonds. The van der Waals surface area contributed by atoms with Crippen LogP contribution in [0.4, 0.5) is 4.39 Å². The van der Waals surface area contributed by atoms with E-state index in [4.69, 9.17) is 4.74 Å². The smallest absolute Gasteiger partial charge is 0.276 e. The molecule has 0 spiro atoms. The Hall–Kier alpha value is -2.82. The molecule has 2 aromatic carbocycles. The Balaban J connectivity index is 1.75. The first-order chi connectivity index (χ1) is 10.1. The fourth-order valence-electron chi connectivity index (χ4n) is 1.57. The molecule has 0 aromatic heterocycles. The second kappa shape index (κ2) is 7.09. The molecule has 2 rings (SSSR count). The number of carbonyl (C=O) groups excluding carboxylic acids is 1. The summed E-state index contributed by atoms with van der Waals surface area (Å²) in [5.41, 5.74) is 6.63. The van der Waals surface area contributed by atoms with E-state index in [-0.39, 0.29) is 18.3 Å². The Labute approximate surface area is 122 Å². The van der Waals surface area contributed by atoms with E-state index in [9.17, 15) is 9.18 Å². The van der Waals surface area contributed by atoms with Gasteiger partial charge in [-0.05, 0) is 29.8 Å². The van der Waals surface area contributed by atoms with Crippen molar-refractivity contribution >= 4 is 11.6 Å². The molecule has 108 valence electrons. The molecule has 21 heavy (non-hydrogen) atoms. The first kappa shape index (κ1) is 14.6. The summed E-state index contributed by atoms with van der Waals surface area (Å²) < 4.78 is 17.9. The summed E-state index contributed by atoms with van der Waals surface area (Å²) in [4.78, 5) is 11.6. The minimum absolute atomic E-state index is 0.180. The highest BCUT2D eigenvalue weighted by Gasteiger charge is 2.04. The lowest BCUT2D eigenvalue weighted by Crippen LogP contribution is -2.38. The molecule has 4 nitrogen and oxygen atoms in total. The largest absolute Gasteiger partial charge is 0.484 e. The summed E-state index contributed by atoms with van der Waals surface area (Å²) in [5, 5.41) is 0. The molecule has 0 aliphatic rings. The molecule has 0 atom stereocenters. The van der Waals surface area contributed by atoms with Crippen molar-refractivity contribution in [3.63, 3.8) is 0 Å². The Morgan fingerprint density at radius 2 is 1.71 bits per heavy atom. The summed E-state index contributed by atoms with van der Waals surface area (Å²) in [7, 11) is 0. The van der Waals surface area contributed by atoms with Crippen LogP contribution in [-0.2, 0) is 4.79 Å². The SMILES string of the molecule is C=C(NNC(=O)COc1ccc(F)cc1)c1ccccc1. The molecule has 0 radical (unpaired) electrons. The van der Waals surface area contributed by atoms with Crippen LogP contribution in [-0.4, -0.2) is 12.5 Å². The number of rotatable bonds is 6. The van der Waals surface area contributed by atoms with Gasteiger partial charge in [0.15, 0.2) is 6.61 Å². The monoisotopic (exact) mass is 286 g/mol. The maximum Gasteiger partial charge on any atom is 0.276 e. The highest BCUT2D eigenvalue weighted by atomic mass is 19.1. The Morgan fingerprint density at radius 3 is 2.38 bits per heavy atom. The van der Waals surface area contributed by atoms with Crippen molar-refractivity contribution in [2.24, 2.45) is 0 Å². The van der Waals surface area contributed by atoms with Gasteiger partial charge in [-0.3, -0.25) is 15.6 Å². The lowest BCUT2D eigenvalue weighted by atomic mass is 10.2. The molecule has 0 aliphatic heterocycles. The second-order valence-corrected chi connectivity index (χ2v) is 4.26. The van der Waals surface area contributed by atoms with Crippen LogP contribution in [0, 0.1) is 5.82 Å². The molecule has 0 aliphatic carbocycles. The maximum atomic E-state index is 12.7. The number of amides is 1. The average Bonchev–Trinajstić information content (AvgIpc) is 2.53. The van der Waals surface area contributed by atoms with Gasteiger partial charge in [-0.2, -0.15) is 0 Å². The number of halogens is 1. The van der Waals surface area contributed by atoms with E-state index in [2.05, 4.69) is 17.4 Å². The van der Waals surface area contributed by atoms with Gasteiger partial charge >= 0.3 is 0 Å². The molecule has 0 fully saturated rings. The third-order valence-corrected chi connectivity index (χ3v) is 2.66. The Kier molecular flexibility index (Phi) is 4.93. The fourth-order valence-corrected chi connectivity index (χ4v) is 1.57. The number of carbonyl (C=O) groups is 1. The van der Waals surface area contributed by atoms with Crippen LogP contribution in [0.1, 0.15) is 5.56 Å². The lowest BCUT2D eigenvalue weighted by molar-refractivity contribution is -0.123. The van der Waals surface area contributed by atoms with Crippen molar-refractivity contribution in [1.82, 2.24) is 10.9 Å². The van der Waals surface area contributed by atoms with E-state index >= 15 is 0 Å². The van der Waals surface area contributed by atoms with Gasteiger partial charge in [0, 0.05) is 0 Å². The zero-order valence-electron chi connectivity index (χ0n) is 11.3. The van der Waals surface area contributed by atoms with Crippen LogP contribution in [0.15, 0.2) is 61.2 Å². The van der Waals surface area contributed by atoms with Gasteiger partial charge in [0.2, 0.25) is 0 Å². The van der Waals surface area contributed by atoms with Crippen molar-refractivity contribution in [2.75, 3.05) is 6.61 Å². The lowest BCUT2D eigenvalue weighted by Gasteiger charge is -2.11. The molecule has 2 aromatic rings. The van der Waals surface area contributed by atoms with Crippen LogP contribution >= 0.6 is 0 Å². The molecule has 0 unspecified atom stereocenters. The number of hydrazine groups is 1. The van der Waals surface area contributed by atoms with Crippen molar-refractivity contribution in [3.05, 3.63) is 72.6 Å². The summed E-state index contributed by atoms with van der Waals surface area (Å²) in [6.45, 7) is 3.64. The molecule has 0 bridgehead atoms. The van der Waals surface area contributed by atoms with E-state index in [1.54, 1.807) is 0 Å². The molecule has 2 N–H and O–H groups in total. The highest BCUT2D eigenvalue weighted by molar-refractivity contribution is 5.78. The minimum Gasteiger partial charge on any atom is -0.484 e. The summed E-state index contributed by atoms with van der Waals surface area (Å²) in [6.07, 6.45) is 0. The highest BCUT2D eigenvalue weighted by Crippen LogP contribution is 2.10. The van der Waals surface area contributed by atoms with Crippen LogP contribution < -0.4 is 15.6 Å². The topological polar surface area (TPSA) is 50.4 Å². The van der Waals surface area contributed by atoms with Crippen LogP contribution in [0.3, 0.4) is 0 Å². The van der Waals surface area contributed by atoms with E-state index in [0.717, 1.165) is 5.56 Å². The summed E-state index contributed by atoms with van der Waals surface area (Å²) in [5.74, 6) is -0.294. The number of benzene rings is 2. The Morgan fingerprint density at radius 1 is 1.05 bits per heavy atom. The maximum absolute atomic E-state index is 12.7. The Bertz CT molecular complexity index is 612. The summed E-state index contributed by atoms with van der Waals surface area (Å²) in [6, 6.07) is 14.8. The van der Waals surface area contributed by atoms with Gasteiger partial charge in [-0.25, -0.2) is 4.39 Å². The quantitative estimate of drug-likeness (QED) is 0.802. The molecule has 5 heteroatoms. The van der Waals surface area contributed by atoms with Gasteiger partial charge in [-0.1, -0.05) is 36.9 Å². The van der Waals surface area contributed by atoms with E-state index < -0.39 is 0 Å². The van der Waals surface area contributed by atoms with Crippen LogP contribution in [0.25, 0.3) is 5.70 Å². The molecule has 0 heterocycles. The van der Waals surface area contributed by atoms with Gasteiger partial charge in [-0.15, -0.1) is 0 Å². The van der Waals surface area contributed by atoms with Crippen molar-refractivity contribution in [3.8, 4) is 5.75 Å². The number of nitrogens with one attached hydrogen (secondary N) is 2. The fraction of sp³-hybridized carbons (Fsp3) is 0.0625. The summed E-state index contributed by atoms with van der Waals surface area (Å²) >= 11 is 0. The number of hydrogen-bond acceptors (Lipinski definition) is 3. The van der Waals surface area contributed by atoms with E-state index in [1.807, 2.05) is 30.3 Å². The van der Waals surface area contributed by atoms with Crippen LogP contribution in [0.5, 0.6) is 5.75 Å². The number of hydrogen-bond donors (Lipinski definition) is 2. The molecule has 0 saturated heterocycles. The standard InChI is InChI=1S/C16H15FN2O2/c1-12(13-5-3-2-4-6-13)18-19-16(20)11-21-15-9-7-14(17)8-10-15/h2-10,18H,1,11H2,(H,19,20). The minimum atomic E-state index is -0.364. The van der Waals surface area contributed by atoms with Crippen molar-refractivity contribution in [2.45, 2.75) is 0 Å². The second-order valence-electron chi connectivity index (χ2n) is 4.26. The van der Waals surface area contributed by atoms with Crippen molar-refractivity contribution in [1.29, 1.82) is 0 Å². The third-order valence-electron chi connectivity index (χ3n) is 2.66. The normalized spacial score (nSPS) is 9.76. The first-order valence-corrected chi connectivity index (χ1v) is 6.33. The zero-order valence-corrected chi connectivity index (χ0v) is 11.3. The third kappa shape index (κ3) is 4.65. The molecule has 0 saturated carbocycles. The predicted octanol–water partition coefficient (Wildman–Crippen LogP) is 2.50. The van der Waals surface area contributed by atoms with Gasteiger partial charge in [0.05, 0.1) is 5.70 Å². The van der Waals surface area contributed by atoms with E-state index in [1.165, 1.54) is 24.3 Å². The molecular weight excluding hydrogens is 271 g/mol. The van der Waals surface area contributed by atoms with Gasteiger partial charge in [0.1, 0.15) is 11.6 Å². The predicted molar refractivity (Wildman–Crippen MR) is 78.6 cm³/mol. The average molecular weight is 286 g/mol. The van der Waals surface area contributed by atoms with Gasteiger partial charge in [0.25, 0.3) is 5.91 Å². The van der Waals surface area contributed by atoms with Gasteiger partial charge < -0.3 is 4.74 Å². The molecular formula is C16H15FN2O2. The van der Waals surface area contributed by atoms with Crippen molar-refractivity contribution < 1.29 is 13.9 Å². The first-order valence-electron chi connectivity index (χ1n) is 6.33. The zero-order chi connectivity index (χ0) is 15.1. The van der Waals surface area contributed by atoms with E-state index in [0.29, 0.717) is 11.4 Å². The number of ether oxygens (including phenoxy) is 1.